The maximum Gasteiger partial charge on any atom is 0.253 e. The van der Waals surface area contributed by atoms with Gasteiger partial charge in [-0.2, -0.15) is 5.10 Å². The van der Waals surface area contributed by atoms with Crippen LogP contribution >= 0.6 is 0 Å². The Hall–Kier alpha value is -2.15. The first-order chi connectivity index (χ1) is 11.9. The minimum absolute atomic E-state index is 0.0335. The van der Waals surface area contributed by atoms with Crippen LogP contribution < -0.4 is 0 Å². The van der Waals surface area contributed by atoms with E-state index in [1.165, 1.54) is 23.4 Å². The number of nitrogens with one attached hydrogen (secondary N) is 1. The lowest BCUT2D eigenvalue weighted by molar-refractivity contribution is 0.0632. The molecule has 0 saturated carbocycles. The van der Waals surface area contributed by atoms with E-state index in [4.69, 9.17) is 0 Å². The molecule has 2 heterocycles. The van der Waals surface area contributed by atoms with Crippen molar-refractivity contribution in [3.63, 3.8) is 0 Å². The van der Waals surface area contributed by atoms with Crippen molar-refractivity contribution in [3.8, 4) is 0 Å². The molecule has 1 atom stereocenters. The number of rotatable bonds is 2. The highest BCUT2D eigenvalue weighted by atomic mass is 32.2. The van der Waals surface area contributed by atoms with E-state index in [-0.39, 0.29) is 16.2 Å². The van der Waals surface area contributed by atoms with Crippen LogP contribution in [-0.4, -0.2) is 48.8 Å². The fourth-order valence-electron chi connectivity index (χ4n) is 4.21. The summed E-state index contributed by atoms with van der Waals surface area (Å²) < 4.78 is 23.5. The smallest absolute Gasteiger partial charge is 0.253 e. The largest absolute Gasteiger partial charge is 0.338 e. The average molecular weight is 359 g/mol. The fraction of sp³-hybridized carbons (Fsp3) is 0.444. The Balaban J connectivity index is 1.62. The number of sulfone groups is 1. The minimum atomic E-state index is -3.33. The summed E-state index contributed by atoms with van der Waals surface area (Å²) in [4.78, 5) is 15.0. The third-order valence-corrected chi connectivity index (χ3v) is 6.60. The normalized spacial score (nSPS) is 23.0. The number of benzene rings is 1. The molecule has 0 bridgehead atoms. The van der Waals surface area contributed by atoms with Gasteiger partial charge in [-0.05, 0) is 49.4 Å². The Bertz CT molecular complexity index is 935. The summed E-state index contributed by atoms with van der Waals surface area (Å²) in [6, 6.07) is 6.33. The molecule has 132 valence electrons. The summed E-state index contributed by atoms with van der Waals surface area (Å²) in [6.07, 6.45) is 7.07. The number of hydrogen-bond donors (Lipinski definition) is 1. The van der Waals surface area contributed by atoms with E-state index >= 15 is 0 Å². The molecule has 6 nitrogen and oxygen atoms in total. The second-order valence-electron chi connectivity index (χ2n) is 7.18. The number of piperidine rings is 1. The zero-order valence-corrected chi connectivity index (χ0v) is 15.0. The number of carbonyl (C=O) groups is 1. The molecular weight excluding hydrogens is 338 g/mol. The second kappa shape index (κ2) is 5.69. The molecule has 1 saturated heterocycles. The molecule has 1 fully saturated rings. The second-order valence-corrected chi connectivity index (χ2v) is 9.20. The third-order valence-electron chi connectivity index (χ3n) is 5.49. The van der Waals surface area contributed by atoms with Gasteiger partial charge in [-0.3, -0.25) is 9.89 Å². The number of aromatic nitrogens is 2. The van der Waals surface area contributed by atoms with Crippen LogP contribution in [0.1, 0.15) is 40.9 Å². The Morgan fingerprint density at radius 3 is 2.96 bits per heavy atom. The zero-order chi connectivity index (χ0) is 17.7. The Morgan fingerprint density at radius 2 is 2.16 bits per heavy atom. The van der Waals surface area contributed by atoms with Gasteiger partial charge in [0, 0.05) is 36.0 Å². The van der Waals surface area contributed by atoms with Crippen molar-refractivity contribution in [2.45, 2.75) is 36.0 Å². The molecule has 4 rings (SSSR count). The summed E-state index contributed by atoms with van der Waals surface area (Å²) in [5, 5.41) is 7.30. The molecule has 1 aromatic heterocycles. The standard InChI is InChI=1S/C18H21N3O3S/c1-25(23,24)15-5-2-4-13(10-15)17(22)21-9-3-7-18(12-21)8-6-14-11-19-20-16(14)18/h2,4-5,10-11H,3,6-9,12H2,1H3,(H,19,20). The van der Waals surface area contributed by atoms with Gasteiger partial charge in [0.15, 0.2) is 9.84 Å². The molecule has 25 heavy (non-hydrogen) atoms. The SMILES string of the molecule is CS(=O)(=O)c1cccc(C(=O)N2CCCC3(CCc4cn[nH]c43)C2)c1. The molecule has 1 spiro atoms. The van der Waals surface area contributed by atoms with Crippen molar-refractivity contribution < 1.29 is 13.2 Å². The number of hydrogen-bond acceptors (Lipinski definition) is 4. The fourth-order valence-corrected chi connectivity index (χ4v) is 4.88. The predicted octanol–water partition coefficient (Wildman–Crippen LogP) is 1.93. The zero-order valence-electron chi connectivity index (χ0n) is 14.2. The first-order valence-electron chi connectivity index (χ1n) is 8.51. The molecular formula is C18H21N3O3S. The van der Waals surface area contributed by atoms with Gasteiger partial charge >= 0.3 is 0 Å². The van der Waals surface area contributed by atoms with Crippen LogP contribution in [0.3, 0.4) is 0 Å². The number of fused-ring (bicyclic) bond motifs is 2. The van der Waals surface area contributed by atoms with E-state index in [9.17, 15) is 13.2 Å². The van der Waals surface area contributed by atoms with E-state index in [1.807, 2.05) is 11.1 Å². The molecule has 1 amide bonds. The number of likely N-dealkylation sites (tertiary alicyclic amines) is 1. The van der Waals surface area contributed by atoms with Crippen LogP contribution in [0, 0.1) is 0 Å². The molecule has 7 heteroatoms. The molecule has 1 aliphatic carbocycles. The Kier molecular flexibility index (Phi) is 3.72. The van der Waals surface area contributed by atoms with Crippen LogP contribution in [0.4, 0.5) is 0 Å². The highest BCUT2D eigenvalue weighted by molar-refractivity contribution is 7.90. The van der Waals surface area contributed by atoms with Gasteiger partial charge in [-0.25, -0.2) is 8.42 Å². The van der Waals surface area contributed by atoms with Crippen molar-refractivity contribution in [1.82, 2.24) is 15.1 Å². The van der Waals surface area contributed by atoms with E-state index in [1.54, 1.807) is 12.1 Å². The van der Waals surface area contributed by atoms with Crippen LogP contribution in [0.5, 0.6) is 0 Å². The summed E-state index contributed by atoms with van der Waals surface area (Å²) in [5.41, 5.74) is 2.83. The Labute approximate surface area is 147 Å². The highest BCUT2D eigenvalue weighted by Gasteiger charge is 2.44. The van der Waals surface area contributed by atoms with Crippen LogP contribution in [0.2, 0.25) is 0 Å². The lowest BCUT2D eigenvalue weighted by Crippen LogP contribution is -2.47. The average Bonchev–Trinajstić information content (AvgIpc) is 3.19. The number of H-pyrrole nitrogens is 1. The molecule has 1 unspecified atom stereocenters. The highest BCUT2D eigenvalue weighted by Crippen LogP contribution is 2.44. The number of amides is 1. The molecule has 1 aliphatic heterocycles. The predicted molar refractivity (Wildman–Crippen MR) is 93.3 cm³/mol. The summed E-state index contributed by atoms with van der Waals surface area (Å²) in [7, 11) is -3.33. The Morgan fingerprint density at radius 1 is 1.32 bits per heavy atom. The first kappa shape index (κ1) is 16.3. The topological polar surface area (TPSA) is 83.1 Å². The van der Waals surface area contributed by atoms with E-state index in [0.29, 0.717) is 18.7 Å². The maximum absolute atomic E-state index is 13.0. The maximum atomic E-state index is 13.0. The molecule has 2 aromatic rings. The van der Waals surface area contributed by atoms with Gasteiger partial charge in [0.1, 0.15) is 0 Å². The number of nitrogens with zero attached hydrogens (tertiary/aromatic N) is 2. The van der Waals surface area contributed by atoms with Crippen molar-refractivity contribution in [2.24, 2.45) is 0 Å². The number of carbonyl (C=O) groups excluding carboxylic acids is 1. The molecule has 1 aromatic carbocycles. The van der Waals surface area contributed by atoms with E-state index in [2.05, 4.69) is 10.2 Å². The van der Waals surface area contributed by atoms with Crippen LogP contribution in [-0.2, 0) is 21.7 Å². The molecule has 2 aliphatic rings. The lowest BCUT2D eigenvalue weighted by Gasteiger charge is -2.40. The van der Waals surface area contributed by atoms with Gasteiger partial charge in [0.2, 0.25) is 0 Å². The van der Waals surface area contributed by atoms with Crippen molar-refractivity contribution in [3.05, 3.63) is 47.3 Å². The summed E-state index contributed by atoms with van der Waals surface area (Å²) >= 11 is 0. The molecule has 0 radical (unpaired) electrons. The van der Waals surface area contributed by atoms with Crippen LogP contribution in [0.25, 0.3) is 0 Å². The monoisotopic (exact) mass is 359 g/mol. The van der Waals surface area contributed by atoms with Crippen molar-refractivity contribution in [2.75, 3.05) is 19.3 Å². The number of aromatic amines is 1. The van der Waals surface area contributed by atoms with E-state index in [0.717, 1.165) is 31.9 Å². The molecule has 1 N–H and O–H groups in total. The van der Waals surface area contributed by atoms with Gasteiger partial charge in [0.25, 0.3) is 5.91 Å². The van der Waals surface area contributed by atoms with Crippen molar-refractivity contribution >= 4 is 15.7 Å². The van der Waals surface area contributed by atoms with Gasteiger partial charge in [-0.1, -0.05) is 6.07 Å². The van der Waals surface area contributed by atoms with Gasteiger partial charge in [0.05, 0.1) is 11.1 Å². The summed E-state index contributed by atoms with van der Waals surface area (Å²) in [6.45, 7) is 1.36. The van der Waals surface area contributed by atoms with E-state index < -0.39 is 9.84 Å². The first-order valence-corrected chi connectivity index (χ1v) is 10.4. The quantitative estimate of drug-likeness (QED) is 0.888. The minimum Gasteiger partial charge on any atom is -0.338 e. The lowest BCUT2D eigenvalue weighted by atomic mass is 9.77. The van der Waals surface area contributed by atoms with Gasteiger partial charge < -0.3 is 4.90 Å². The summed E-state index contributed by atoms with van der Waals surface area (Å²) in [5.74, 6) is -0.0995. The van der Waals surface area contributed by atoms with Crippen molar-refractivity contribution in [1.29, 1.82) is 0 Å². The van der Waals surface area contributed by atoms with Gasteiger partial charge in [-0.15, -0.1) is 0 Å². The number of aryl methyl sites for hydroxylation is 1. The third kappa shape index (κ3) is 2.76. The van der Waals surface area contributed by atoms with Crippen LogP contribution in [0.15, 0.2) is 35.4 Å².